The van der Waals surface area contributed by atoms with E-state index in [1.807, 2.05) is 35.6 Å². The number of primary amides is 1. The third-order valence-corrected chi connectivity index (χ3v) is 2.04. The van der Waals surface area contributed by atoms with Crippen LogP contribution in [-0.4, -0.2) is 24.8 Å². The second-order valence-corrected chi connectivity index (χ2v) is 3.64. The first kappa shape index (κ1) is 13.0. The van der Waals surface area contributed by atoms with E-state index in [-0.39, 0.29) is 12.6 Å². The molecule has 0 heterocycles. The number of hydrogen-bond donors (Lipinski definition) is 3. The van der Waals surface area contributed by atoms with Crippen LogP contribution in [0.15, 0.2) is 30.3 Å². The summed E-state index contributed by atoms with van der Waals surface area (Å²) < 4.78 is 4.77. The first-order valence-electron chi connectivity index (χ1n) is 5.18. The number of urea groups is 1. The standard InChI is InChI=1S/C11H15N3O3/c12-9(6-8-4-2-1-3-5-8)7-17-11(16)14-10(13)15/h1-5,9H,6-7,12H2,(H3,13,14,15,16)/p+1. The van der Waals surface area contributed by atoms with Gasteiger partial charge in [-0.25, -0.2) is 14.9 Å². The maximum atomic E-state index is 10.9. The summed E-state index contributed by atoms with van der Waals surface area (Å²) in [7, 11) is 0. The topological polar surface area (TPSA) is 109 Å². The first-order chi connectivity index (χ1) is 8.08. The Kier molecular flexibility index (Phi) is 4.96. The third kappa shape index (κ3) is 5.53. The summed E-state index contributed by atoms with van der Waals surface area (Å²) in [6.45, 7) is 0.133. The molecular formula is C11H16N3O3+. The largest absolute Gasteiger partial charge is 0.443 e. The van der Waals surface area contributed by atoms with Crippen molar-refractivity contribution in [3.63, 3.8) is 0 Å². The third-order valence-electron chi connectivity index (χ3n) is 2.04. The molecule has 17 heavy (non-hydrogen) atoms. The lowest BCUT2D eigenvalue weighted by Gasteiger charge is -2.09. The Morgan fingerprint density at radius 1 is 1.35 bits per heavy atom. The molecule has 6 nitrogen and oxygen atoms in total. The van der Waals surface area contributed by atoms with Gasteiger partial charge in [0, 0.05) is 6.42 Å². The van der Waals surface area contributed by atoms with E-state index >= 15 is 0 Å². The normalized spacial score (nSPS) is 11.6. The Bertz CT molecular complexity index is 381. The van der Waals surface area contributed by atoms with E-state index in [0.717, 1.165) is 5.56 Å². The fourth-order valence-electron chi connectivity index (χ4n) is 1.34. The second kappa shape index (κ2) is 6.49. The molecule has 0 aliphatic heterocycles. The lowest BCUT2D eigenvalue weighted by atomic mass is 10.1. The number of ether oxygens (including phenoxy) is 1. The molecule has 1 unspecified atom stereocenters. The molecule has 0 bridgehead atoms. The van der Waals surface area contributed by atoms with Crippen LogP contribution in [0, 0.1) is 0 Å². The first-order valence-corrected chi connectivity index (χ1v) is 5.18. The second-order valence-electron chi connectivity index (χ2n) is 3.64. The van der Waals surface area contributed by atoms with Crippen molar-refractivity contribution in [2.45, 2.75) is 12.5 Å². The minimum Gasteiger partial charge on any atom is -0.443 e. The summed E-state index contributed by atoms with van der Waals surface area (Å²) in [6, 6.07) is 8.74. The van der Waals surface area contributed by atoms with Crippen molar-refractivity contribution >= 4 is 12.1 Å². The highest BCUT2D eigenvalue weighted by Crippen LogP contribution is 2.01. The molecule has 0 saturated heterocycles. The number of quaternary nitrogens is 1. The Morgan fingerprint density at radius 2 is 2.00 bits per heavy atom. The van der Waals surface area contributed by atoms with Gasteiger partial charge in [0.2, 0.25) is 0 Å². The Morgan fingerprint density at radius 3 is 2.59 bits per heavy atom. The monoisotopic (exact) mass is 238 g/mol. The van der Waals surface area contributed by atoms with Crippen LogP contribution in [0.3, 0.4) is 0 Å². The fourth-order valence-corrected chi connectivity index (χ4v) is 1.34. The van der Waals surface area contributed by atoms with Crippen LogP contribution in [0.1, 0.15) is 5.56 Å². The molecule has 3 amide bonds. The van der Waals surface area contributed by atoms with Crippen LogP contribution >= 0.6 is 0 Å². The minimum atomic E-state index is -0.932. The molecule has 0 spiro atoms. The number of nitrogens with two attached hydrogens (primary N) is 1. The van der Waals surface area contributed by atoms with Gasteiger partial charge in [0.05, 0.1) is 0 Å². The van der Waals surface area contributed by atoms with Gasteiger partial charge in [-0.1, -0.05) is 30.3 Å². The number of hydrogen-bond acceptors (Lipinski definition) is 3. The van der Waals surface area contributed by atoms with Crippen molar-refractivity contribution in [3.8, 4) is 0 Å². The van der Waals surface area contributed by atoms with Gasteiger partial charge in [0.1, 0.15) is 12.6 Å². The molecule has 92 valence electrons. The summed E-state index contributed by atoms with van der Waals surface area (Å²) in [5.74, 6) is 0. The molecule has 1 rings (SSSR count). The summed E-state index contributed by atoms with van der Waals surface area (Å²) in [5, 5.41) is 1.81. The fraction of sp³-hybridized carbons (Fsp3) is 0.273. The van der Waals surface area contributed by atoms with Crippen LogP contribution < -0.4 is 16.8 Å². The zero-order valence-electron chi connectivity index (χ0n) is 9.39. The van der Waals surface area contributed by atoms with Crippen LogP contribution in [0.4, 0.5) is 9.59 Å². The number of nitrogens with one attached hydrogen (secondary N) is 1. The number of benzene rings is 1. The van der Waals surface area contributed by atoms with E-state index in [1.54, 1.807) is 0 Å². The average Bonchev–Trinajstić information content (AvgIpc) is 2.27. The predicted molar refractivity (Wildman–Crippen MR) is 60.9 cm³/mol. The lowest BCUT2D eigenvalue weighted by Crippen LogP contribution is -2.64. The SMILES string of the molecule is NC(=O)NC(=O)OCC([NH3+])Cc1ccccc1. The van der Waals surface area contributed by atoms with Gasteiger partial charge in [-0.3, -0.25) is 0 Å². The molecule has 6 heteroatoms. The highest BCUT2D eigenvalue weighted by molar-refractivity contribution is 5.89. The van der Waals surface area contributed by atoms with E-state index < -0.39 is 12.1 Å². The van der Waals surface area contributed by atoms with E-state index in [0.29, 0.717) is 6.42 Å². The van der Waals surface area contributed by atoms with Gasteiger partial charge in [0.25, 0.3) is 0 Å². The van der Waals surface area contributed by atoms with Crippen molar-refractivity contribution in [1.29, 1.82) is 0 Å². The van der Waals surface area contributed by atoms with Crippen molar-refractivity contribution in [1.82, 2.24) is 5.32 Å². The van der Waals surface area contributed by atoms with Crippen LogP contribution in [0.5, 0.6) is 0 Å². The Hall–Kier alpha value is -2.08. The molecule has 6 N–H and O–H groups in total. The Labute approximate surface area is 98.9 Å². The zero-order valence-corrected chi connectivity index (χ0v) is 9.39. The van der Waals surface area contributed by atoms with Crippen LogP contribution in [-0.2, 0) is 11.2 Å². The van der Waals surface area contributed by atoms with Crippen molar-refractivity contribution in [2.75, 3.05) is 6.61 Å². The molecule has 0 radical (unpaired) electrons. The van der Waals surface area contributed by atoms with Crippen molar-refractivity contribution in [2.24, 2.45) is 5.73 Å². The highest BCUT2D eigenvalue weighted by atomic mass is 16.5. The molecule has 1 atom stereocenters. The van der Waals surface area contributed by atoms with Gasteiger partial charge < -0.3 is 16.2 Å². The van der Waals surface area contributed by atoms with Crippen LogP contribution in [0.25, 0.3) is 0 Å². The van der Waals surface area contributed by atoms with Gasteiger partial charge in [-0.2, -0.15) is 0 Å². The van der Waals surface area contributed by atoms with E-state index in [4.69, 9.17) is 10.5 Å². The molecule has 0 aromatic heterocycles. The van der Waals surface area contributed by atoms with E-state index in [1.165, 1.54) is 0 Å². The molecule has 0 aliphatic carbocycles. The molecule has 0 aliphatic rings. The Balaban J connectivity index is 2.28. The maximum absolute atomic E-state index is 10.9. The van der Waals surface area contributed by atoms with Gasteiger partial charge in [0.15, 0.2) is 0 Å². The quantitative estimate of drug-likeness (QED) is 0.666. The van der Waals surface area contributed by atoms with Crippen molar-refractivity contribution < 1.29 is 20.1 Å². The smallest absolute Gasteiger partial charge is 0.415 e. The van der Waals surface area contributed by atoms with Gasteiger partial charge in [-0.05, 0) is 5.56 Å². The maximum Gasteiger partial charge on any atom is 0.415 e. The predicted octanol–water partition coefficient (Wildman–Crippen LogP) is -0.355. The summed E-state index contributed by atoms with van der Waals surface area (Å²) in [5.41, 5.74) is 9.74. The molecule has 1 aromatic carbocycles. The highest BCUT2D eigenvalue weighted by Gasteiger charge is 2.11. The van der Waals surface area contributed by atoms with E-state index in [9.17, 15) is 9.59 Å². The summed E-state index contributed by atoms with van der Waals surface area (Å²) in [6.07, 6.45) is -0.149. The number of carbonyl (C=O) groups excluding carboxylic acids is 2. The van der Waals surface area contributed by atoms with Crippen LogP contribution in [0.2, 0.25) is 0 Å². The number of rotatable bonds is 4. The number of carbonyl (C=O) groups is 2. The molecule has 0 saturated carbocycles. The van der Waals surface area contributed by atoms with Gasteiger partial charge >= 0.3 is 12.1 Å². The lowest BCUT2D eigenvalue weighted by molar-refractivity contribution is -0.424. The van der Waals surface area contributed by atoms with Gasteiger partial charge in [-0.15, -0.1) is 0 Å². The molecule has 0 fully saturated rings. The summed E-state index contributed by atoms with van der Waals surface area (Å²) in [4.78, 5) is 21.3. The number of imide groups is 1. The van der Waals surface area contributed by atoms with E-state index in [2.05, 4.69) is 5.73 Å². The molecular weight excluding hydrogens is 222 g/mol. The number of alkyl carbamates (subject to hydrolysis) is 1. The zero-order chi connectivity index (χ0) is 12.7. The van der Waals surface area contributed by atoms with Crippen molar-refractivity contribution in [3.05, 3.63) is 35.9 Å². The minimum absolute atomic E-state index is 0.0731. The summed E-state index contributed by atoms with van der Waals surface area (Å²) >= 11 is 0. The number of amides is 3. The molecule has 1 aromatic rings. The average molecular weight is 238 g/mol.